The lowest BCUT2D eigenvalue weighted by molar-refractivity contribution is 0.0689. The Hall–Kier alpha value is -3.06. The van der Waals surface area contributed by atoms with Crippen LogP contribution in [0.5, 0.6) is 0 Å². The molecule has 8 heteroatoms. The van der Waals surface area contributed by atoms with Gasteiger partial charge in [-0.15, -0.1) is 5.10 Å². The average Bonchev–Trinajstić information content (AvgIpc) is 2.94. The summed E-state index contributed by atoms with van der Waals surface area (Å²) in [4.78, 5) is 15.8. The standard InChI is InChI=1S/C17H10ClFN4O2/c18-9-5-6-13-11(7-9)15(10-3-1-2-4-12(10)19)20-8-14-16(17(24)25)21-22-23(13)14/h1-7H,8H2,(H,24,25). The highest BCUT2D eigenvalue weighted by molar-refractivity contribution is 6.31. The lowest BCUT2D eigenvalue weighted by atomic mass is 10.00. The lowest BCUT2D eigenvalue weighted by Crippen LogP contribution is -2.09. The Morgan fingerprint density at radius 2 is 2.00 bits per heavy atom. The van der Waals surface area contributed by atoms with Crippen molar-refractivity contribution in [3.8, 4) is 5.69 Å². The fourth-order valence-corrected chi connectivity index (χ4v) is 2.98. The Kier molecular flexibility index (Phi) is 3.58. The molecule has 0 unspecified atom stereocenters. The van der Waals surface area contributed by atoms with Crippen molar-refractivity contribution in [3.05, 3.63) is 75.8 Å². The quantitative estimate of drug-likeness (QED) is 0.765. The van der Waals surface area contributed by atoms with Crippen molar-refractivity contribution < 1.29 is 14.3 Å². The highest BCUT2D eigenvalue weighted by Gasteiger charge is 2.26. The first kappa shape index (κ1) is 15.5. The zero-order valence-corrected chi connectivity index (χ0v) is 13.4. The number of rotatable bonds is 2. The third-order valence-corrected chi connectivity index (χ3v) is 4.16. The molecule has 0 radical (unpaired) electrons. The molecular weight excluding hydrogens is 347 g/mol. The minimum absolute atomic E-state index is 0.00456. The Morgan fingerprint density at radius 3 is 2.76 bits per heavy atom. The van der Waals surface area contributed by atoms with Gasteiger partial charge in [0.05, 0.1) is 17.9 Å². The smallest absolute Gasteiger partial charge is 0.358 e. The number of fused-ring (bicyclic) bond motifs is 3. The van der Waals surface area contributed by atoms with Gasteiger partial charge in [0.2, 0.25) is 0 Å². The number of carbonyl (C=O) groups is 1. The van der Waals surface area contributed by atoms with Crippen LogP contribution < -0.4 is 0 Å². The van der Waals surface area contributed by atoms with Crippen LogP contribution in [0.15, 0.2) is 47.5 Å². The average molecular weight is 357 g/mol. The van der Waals surface area contributed by atoms with Crippen molar-refractivity contribution in [3.63, 3.8) is 0 Å². The Balaban J connectivity index is 2.01. The van der Waals surface area contributed by atoms with Crippen molar-refractivity contribution >= 4 is 23.3 Å². The van der Waals surface area contributed by atoms with Gasteiger partial charge in [-0.2, -0.15) is 0 Å². The van der Waals surface area contributed by atoms with Crippen LogP contribution >= 0.6 is 11.6 Å². The van der Waals surface area contributed by atoms with E-state index in [0.29, 0.717) is 33.2 Å². The van der Waals surface area contributed by atoms with Gasteiger partial charge in [-0.25, -0.2) is 13.9 Å². The Labute approximate surface area is 146 Å². The third kappa shape index (κ3) is 2.49. The molecule has 0 saturated heterocycles. The van der Waals surface area contributed by atoms with E-state index in [0.717, 1.165) is 0 Å². The second-order valence-electron chi connectivity index (χ2n) is 5.41. The van der Waals surface area contributed by atoms with E-state index in [1.54, 1.807) is 36.4 Å². The van der Waals surface area contributed by atoms with Crippen LogP contribution in [0.1, 0.15) is 27.3 Å². The molecule has 25 heavy (non-hydrogen) atoms. The molecule has 0 saturated carbocycles. The first-order chi connectivity index (χ1) is 12.1. The van der Waals surface area contributed by atoms with Gasteiger partial charge in [-0.05, 0) is 30.3 Å². The van der Waals surface area contributed by atoms with E-state index in [-0.39, 0.29) is 12.2 Å². The molecule has 124 valence electrons. The molecule has 0 amide bonds. The predicted molar refractivity (Wildman–Crippen MR) is 89.1 cm³/mol. The van der Waals surface area contributed by atoms with Gasteiger partial charge < -0.3 is 5.11 Å². The number of carboxylic acid groups (broad SMARTS) is 1. The molecule has 1 N–H and O–H groups in total. The molecule has 1 aliphatic heterocycles. The SMILES string of the molecule is O=C(O)c1nnn2c1CN=C(c1ccccc1F)c1cc(Cl)ccc1-2. The fraction of sp³-hybridized carbons (Fsp3) is 0.0588. The van der Waals surface area contributed by atoms with Gasteiger partial charge in [0.25, 0.3) is 0 Å². The van der Waals surface area contributed by atoms with Crippen LogP contribution in [0.25, 0.3) is 5.69 Å². The van der Waals surface area contributed by atoms with E-state index in [4.69, 9.17) is 11.6 Å². The molecule has 1 aliphatic rings. The molecule has 3 aromatic rings. The van der Waals surface area contributed by atoms with Crippen LogP contribution in [-0.2, 0) is 6.54 Å². The summed E-state index contributed by atoms with van der Waals surface area (Å²) in [6, 6.07) is 11.2. The summed E-state index contributed by atoms with van der Waals surface area (Å²) < 4.78 is 15.7. The predicted octanol–water partition coefficient (Wildman–Crippen LogP) is 3.11. The number of hydrogen-bond donors (Lipinski definition) is 1. The molecule has 2 heterocycles. The summed E-state index contributed by atoms with van der Waals surface area (Å²) in [6.45, 7) is 0.00456. The molecule has 4 rings (SSSR count). The summed E-state index contributed by atoms with van der Waals surface area (Å²) in [7, 11) is 0. The number of nitrogens with zero attached hydrogens (tertiary/aromatic N) is 4. The molecule has 0 aliphatic carbocycles. The van der Waals surface area contributed by atoms with Crippen molar-refractivity contribution in [2.45, 2.75) is 6.54 Å². The highest BCUT2D eigenvalue weighted by Crippen LogP contribution is 2.28. The topological polar surface area (TPSA) is 80.4 Å². The molecule has 0 atom stereocenters. The first-order valence-electron chi connectivity index (χ1n) is 7.34. The van der Waals surface area contributed by atoms with Gasteiger partial charge in [0.1, 0.15) is 11.5 Å². The number of halogens is 2. The monoisotopic (exact) mass is 356 g/mol. The largest absolute Gasteiger partial charge is 0.476 e. The van der Waals surface area contributed by atoms with Gasteiger partial charge in [-0.1, -0.05) is 28.9 Å². The summed E-state index contributed by atoms with van der Waals surface area (Å²) in [6.07, 6.45) is 0. The van der Waals surface area contributed by atoms with Gasteiger partial charge in [0.15, 0.2) is 5.69 Å². The van der Waals surface area contributed by atoms with Crippen molar-refractivity contribution in [2.24, 2.45) is 4.99 Å². The zero-order chi connectivity index (χ0) is 17.6. The molecule has 0 bridgehead atoms. The summed E-state index contributed by atoms with van der Waals surface area (Å²) in [5.41, 5.74) is 1.93. The summed E-state index contributed by atoms with van der Waals surface area (Å²) in [5.74, 6) is -1.62. The number of benzene rings is 2. The molecular formula is C17H10ClFN4O2. The summed E-state index contributed by atoms with van der Waals surface area (Å²) >= 11 is 6.12. The van der Waals surface area contributed by atoms with Crippen molar-refractivity contribution in [1.29, 1.82) is 0 Å². The molecule has 0 fully saturated rings. The maximum absolute atomic E-state index is 14.3. The molecule has 2 aromatic carbocycles. The van der Waals surface area contributed by atoms with Gasteiger partial charge in [-0.3, -0.25) is 4.99 Å². The van der Waals surface area contributed by atoms with Crippen LogP contribution in [0.3, 0.4) is 0 Å². The Bertz CT molecular complexity index is 1040. The van der Waals surface area contributed by atoms with Crippen molar-refractivity contribution in [2.75, 3.05) is 0 Å². The van der Waals surface area contributed by atoms with E-state index < -0.39 is 11.8 Å². The maximum Gasteiger partial charge on any atom is 0.358 e. The molecule has 1 aromatic heterocycles. The van der Waals surface area contributed by atoms with Crippen LogP contribution in [0.4, 0.5) is 4.39 Å². The number of aromatic carboxylic acids is 1. The maximum atomic E-state index is 14.3. The molecule has 0 spiro atoms. The number of hydrogen-bond acceptors (Lipinski definition) is 4. The van der Waals surface area contributed by atoms with E-state index in [9.17, 15) is 14.3 Å². The van der Waals surface area contributed by atoms with E-state index in [1.165, 1.54) is 10.7 Å². The first-order valence-corrected chi connectivity index (χ1v) is 7.71. The van der Waals surface area contributed by atoms with Gasteiger partial charge >= 0.3 is 5.97 Å². The van der Waals surface area contributed by atoms with Crippen molar-refractivity contribution in [1.82, 2.24) is 15.0 Å². The van der Waals surface area contributed by atoms with E-state index in [1.807, 2.05) is 0 Å². The normalized spacial score (nSPS) is 12.8. The van der Waals surface area contributed by atoms with Crippen LogP contribution in [0, 0.1) is 5.82 Å². The van der Waals surface area contributed by atoms with Gasteiger partial charge in [0, 0.05) is 16.1 Å². The lowest BCUT2D eigenvalue weighted by Gasteiger charge is -2.11. The third-order valence-electron chi connectivity index (χ3n) is 3.92. The second-order valence-corrected chi connectivity index (χ2v) is 5.84. The summed E-state index contributed by atoms with van der Waals surface area (Å²) in [5, 5.41) is 17.4. The van der Waals surface area contributed by atoms with Crippen LogP contribution in [-0.4, -0.2) is 31.8 Å². The second kappa shape index (κ2) is 5.78. The van der Waals surface area contributed by atoms with E-state index >= 15 is 0 Å². The van der Waals surface area contributed by atoms with E-state index in [2.05, 4.69) is 15.3 Å². The molecule has 6 nitrogen and oxygen atoms in total. The highest BCUT2D eigenvalue weighted by atomic mass is 35.5. The zero-order valence-electron chi connectivity index (χ0n) is 12.6. The fourth-order valence-electron chi connectivity index (χ4n) is 2.81. The number of aromatic nitrogens is 3. The minimum atomic E-state index is -1.19. The van der Waals surface area contributed by atoms with Crippen LogP contribution in [0.2, 0.25) is 5.02 Å². The number of aliphatic imine (C=N–C) groups is 1. The number of carboxylic acids is 1. The Morgan fingerprint density at radius 1 is 1.20 bits per heavy atom. The minimum Gasteiger partial charge on any atom is -0.476 e.